The zero-order chi connectivity index (χ0) is 23.1. The van der Waals surface area contributed by atoms with Crippen molar-refractivity contribution in [1.82, 2.24) is 15.2 Å². The quantitative estimate of drug-likeness (QED) is 0.539. The molecule has 2 aliphatic rings. The number of imide groups is 1. The largest absolute Gasteiger partial charge is 0.446 e. The average molecular weight is 463 g/mol. The number of anilines is 1. The van der Waals surface area contributed by atoms with Crippen LogP contribution in [0.15, 0.2) is 52.5 Å². The molecule has 0 aliphatic carbocycles. The minimum atomic E-state index is -4.41. The third kappa shape index (κ3) is 4.29. The number of rotatable bonds is 5. The molecule has 2 aliphatic heterocycles. The molecule has 3 heterocycles. The van der Waals surface area contributed by atoms with Crippen molar-refractivity contribution in [3.05, 3.63) is 53.9 Å². The van der Waals surface area contributed by atoms with E-state index in [1.54, 1.807) is 26.1 Å². The molecule has 3 amide bonds. The Labute approximate surface area is 186 Å². The summed E-state index contributed by atoms with van der Waals surface area (Å²) in [5.74, 6) is 0.239. The van der Waals surface area contributed by atoms with E-state index < -0.39 is 23.0 Å². The molecule has 2 aromatic rings. The maximum Gasteiger partial charge on any atom is 0.446 e. The molecule has 0 spiro atoms. The molecular weight excluding hydrogens is 443 g/mol. The predicted octanol–water partition coefficient (Wildman–Crippen LogP) is 3.79. The highest BCUT2D eigenvalue weighted by Gasteiger charge is 2.51. The second kappa shape index (κ2) is 8.12. The number of aliphatic imine (C=N–C) groups is 1. The van der Waals surface area contributed by atoms with Gasteiger partial charge in [-0.15, -0.1) is 0 Å². The monoisotopic (exact) mass is 463 g/mol. The van der Waals surface area contributed by atoms with Gasteiger partial charge in [-0.25, -0.2) is 9.69 Å². The van der Waals surface area contributed by atoms with Gasteiger partial charge in [0.25, 0.3) is 5.91 Å². The maximum absolute atomic E-state index is 13.2. The first-order valence-electron chi connectivity index (χ1n) is 9.82. The number of thioether (sulfide) groups is 1. The zero-order valence-corrected chi connectivity index (χ0v) is 18.1. The Bertz CT molecular complexity index is 1090. The Morgan fingerprint density at radius 2 is 1.88 bits per heavy atom. The van der Waals surface area contributed by atoms with Crippen LogP contribution >= 0.6 is 11.8 Å². The van der Waals surface area contributed by atoms with E-state index in [2.05, 4.69) is 15.3 Å². The van der Waals surface area contributed by atoms with Gasteiger partial charge < -0.3 is 10.2 Å². The van der Waals surface area contributed by atoms with Crippen molar-refractivity contribution < 1.29 is 22.8 Å². The topological polar surface area (TPSA) is 77.9 Å². The summed E-state index contributed by atoms with van der Waals surface area (Å²) in [6.07, 6.45) is 1.62. The van der Waals surface area contributed by atoms with Gasteiger partial charge in [0.05, 0.1) is 12.2 Å². The molecule has 168 valence electrons. The Balaban J connectivity index is 1.57. The summed E-state index contributed by atoms with van der Waals surface area (Å²) in [6.45, 7) is 4.86. The fourth-order valence-corrected chi connectivity index (χ4v) is 4.12. The highest BCUT2D eigenvalue weighted by Crippen LogP contribution is 2.38. The zero-order valence-electron chi connectivity index (χ0n) is 17.3. The third-order valence-corrected chi connectivity index (χ3v) is 5.97. The van der Waals surface area contributed by atoms with Gasteiger partial charge in [-0.1, -0.05) is 0 Å². The van der Waals surface area contributed by atoms with E-state index in [0.717, 1.165) is 17.0 Å². The fraction of sp³-hybridized carbons (Fsp3) is 0.333. The number of nitrogens with one attached hydrogen (secondary N) is 1. The standard InChI is InChI=1S/C21H20F3N5O2S/c1-20(2)18(30)29(14-3-5-15(6-4-14)32-21(22,23)24)19(31)28(20)12-13-7-8-25-16(11-13)17-26-9-10-27-17/h3-8,11H,9-10,12H2,1-2H3,(H,26,27). The van der Waals surface area contributed by atoms with E-state index in [4.69, 9.17) is 0 Å². The molecule has 0 unspecified atom stereocenters. The molecule has 1 N–H and O–H groups in total. The van der Waals surface area contributed by atoms with Gasteiger partial charge in [0.15, 0.2) is 0 Å². The number of nitrogens with zero attached hydrogens (tertiary/aromatic N) is 4. The molecule has 11 heteroatoms. The van der Waals surface area contributed by atoms with E-state index in [1.165, 1.54) is 29.2 Å². The number of aromatic nitrogens is 1. The van der Waals surface area contributed by atoms with Gasteiger partial charge in [-0.2, -0.15) is 13.2 Å². The maximum atomic E-state index is 13.2. The van der Waals surface area contributed by atoms with Crippen molar-refractivity contribution in [3.63, 3.8) is 0 Å². The lowest BCUT2D eigenvalue weighted by Crippen LogP contribution is -2.43. The van der Waals surface area contributed by atoms with Crippen molar-refractivity contribution in [1.29, 1.82) is 0 Å². The van der Waals surface area contributed by atoms with Crippen LogP contribution < -0.4 is 10.2 Å². The van der Waals surface area contributed by atoms with Crippen molar-refractivity contribution >= 4 is 35.2 Å². The van der Waals surface area contributed by atoms with Crippen LogP contribution in [0.25, 0.3) is 0 Å². The summed E-state index contributed by atoms with van der Waals surface area (Å²) >= 11 is -0.252. The van der Waals surface area contributed by atoms with Gasteiger partial charge >= 0.3 is 11.5 Å². The number of carbonyl (C=O) groups excluding carboxylic acids is 2. The fourth-order valence-electron chi connectivity index (χ4n) is 3.58. The molecule has 1 saturated heterocycles. The SMILES string of the molecule is CC1(C)C(=O)N(c2ccc(SC(F)(F)F)cc2)C(=O)N1Cc1ccnc(C2=NCCN2)c1. The molecule has 32 heavy (non-hydrogen) atoms. The van der Waals surface area contributed by atoms with Crippen LogP contribution in [0, 0.1) is 0 Å². The van der Waals surface area contributed by atoms with Crippen molar-refractivity contribution in [2.45, 2.75) is 36.3 Å². The molecule has 1 aromatic carbocycles. The molecule has 7 nitrogen and oxygen atoms in total. The van der Waals surface area contributed by atoms with Crippen LogP contribution in [0.1, 0.15) is 25.1 Å². The number of hydrogen-bond donors (Lipinski definition) is 1. The molecule has 0 atom stereocenters. The van der Waals surface area contributed by atoms with Gasteiger partial charge in [-0.3, -0.25) is 14.8 Å². The Kier molecular flexibility index (Phi) is 5.61. The summed E-state index contributed by atoms with van der Waals surface area (Å²) in [6, 6.07) is 8.22. The van der Waals surface area contributed by atoms with E-state index in [1.807, 2.05) is 6.07 Å². The van der Waals surface area contributed by atoms with Crippen LogP contribution in [0.2, 0.25) is 0 Å². The summed E-state index contributed by atoms with van der Waals surface area (Å²) in [5.41, 5.74) is -3.89. The molecule has 0 bridgehead atoms. The number of hydrogen-bond acceptors (Lipinski definition) is 6. The number of amidine groups is 1. The first-order valence-corrected chi connectivity index (χ1v) is 10.6. The van der Waals surface area contributed by atoms with E-state index in [-0.39, 0.29) is 28.9 Å². The van der Waals surface area contributed by atoms with Crippen LogP contribution in [-0.4, -0.2) is 51.8 Å². The molecule has 1 fully saturated rings. The van der Waals surface area contributed by atoms with Crippen LogP contribution in [-0.2, 0) is 11.3 Å². The lowest BCUT2D eigenvalue weighted by Gasteiger charge is -2.27. The first-order chi connectivity index (χ1) is 15.1. The Morgan fingerprint density at radius 3 is 2.50 bits per heavy atom. The third-order valence-electron chi connectivity index (χ3n) is 5.23. The summed E-state index contributed by atoms with van der Waals surface area (Å²) < 4.78 is 37.7. The predicted molar refractivity (Wildman–Crippen MR) is 115 cm³/mol. The number of pyridine rings is 1. The molecule has 4 rings (SSSR count). The van der Waals surface area contributed by atoms with Crippen LogP contribution in [0.4, 0.5) is 23.7 Å². The minimum absolute atomic E-state index is 0.0239. The van der Waals surface area contributed by atoms with Gasteiger partial charge in [-0.05, 0) is 67.6 Å². The summed E-state index contributed by atoms with van der Waals surface area (Å²) in [5, 5.41) is 3.15. The molecular formula is C21H20F3N5O2S. The molecule has 0 saturated carbocycles. The highest BCUT2D eigenvalue weighted by atomic mass is 32.2. The van der Waals surface area contributed by atoms with E-state index in [0.29, 0.717) is 18.1 Å². The number of amides is 3. The summed E-state index contributed by atoms with van der Waals surface area (Å²) in [7, 11) is 0. The Hall–Kier alpha value is -3.08. The number of benzene rings is 1. The van der Waals surface area contributed by atoms with Crippen molar-refractivity contribution in [3.8, 4) is 0 Å². The Morgan fingerprint density at radius 1 is 1.16 bits per heavy atom. The number of urea groups is 1. The smallest absolute Gasteiger partial charge is 0.367 e. The van der Waals surface area contributed by atoms with Gasteiger partial charge in [0.2, 0.25) is 0 Å². The second-order valence-electron chi connectivity index (χ2n) is 7.82. The van der Waals surface area contributed by atoms with E-state index in [9.17, 15) is 22.8 Å². The second-order valence-corrected chi connectivity index (χ2v) is 8.95. The molecule has 0 radical (unpaired) electrons. The lowest BCUT2D eigenvalue weighted by atomic mass is 10.0. The summed E-state index contributed by atoms with van der Waals surface area (Å²) in [4.78, 5) is 37.3. The minimum Gasteiger partial charge on any atom is -0.367 e. The van der Waals surface area contributed by atoms with Crippen molar-refractivity contribution in [2.24, 2.45) is 4.99 Å². The molecule has 1 aromatic heterocycles. The number of carbonyl (C=O) groups is 2. The highest BCUT2D eigenvalue weighted by molar-refractivity contribution is 8.00. The van der Waals surface area contributed by atoms with Gasteiger partial charge in [0.1, 0.15) is 17.1 Å². The van der Waals surface area contributed by atoms with Crippen molar-refractivity contribution in [2.75, 3.05) is 18.0 Å². The van der Waals surface area contributed by atoms with Crippen LogP contribution in [0.3, 0.4) is 0 Å². The lowest BCUT2D eigenvalue weighted by molar-refractivity contribution is -0.123. The normalized spacial score (nSPS) is 18.2. The first kappa shape index (κ1) is 22.1. The number of halogens is 3. The average Bonchev–Trinajstić information content (AvgIpc) is 3.31. The van der Waals surface area contributed by atoms with Crippen LogP contribution in [0.5, 0.6) is 0 Å². The van der Waals surface area contributed by atoms with Gasteiger partial charge in [0, 0.05) is 24.2 Å². The number of alkyl halides is 3. The van der Waals surface area contributed by atoms with E-state index >= 15 is 0 Å².